The molecule has 1 N–H and O–H groups in total. The Labute approximate surface area is 170 Å². The Bertz CT molecular complexity index is 952. The third-order valence-corrected chi connectivity index (χ3v) is 5.19. The smallest absolute Gasteiger partial charge is 0.250 e. The molecule has 0 aliphatic rings. The summed E-state index contributed by atoms with van der Waals surface area (Å²) in [6, 6.07) is 12.7. The van der Waals surface area contributed by atoms with Crippen molar-refractivity contribution in [3.8, 4) is 0 Å². The molecule has 1 aromatic heterocycles. The van der Waals surface area contributed by atoms with Crippen LogP contribution in [0, 0.1) is 0 Å². The summed E-state index contributed by atoms with van der Waals surface area (Å²) in [4.78, 5) is 17.3. The zero-order valence-electron chi connectivity index (χ0n) is 13.4. The Morgan fingerprint density at radius 1 is 1.08 bits per heavy atom. The van der Waals surface area contributed by atoms with E-state index in [1.807, 2.05) is 24.3 Å². The molecular formula is C19H13Cl3N2OS. The highest BCUT2D eigenvalue weighted by Crippen LogP contribution is 2.23. The van der Waals surface area contributed by atoms with Crippen molar-refractivity contribution in [1.29, 1.82) is 0 Å². The Morgan fingerprint density at radius 3 is 2.58 bits per heavy atom. The molecule has 0 aliphatic heterocycles. The van der Waals surface area contributed by atoms with E-state index < -0.39 is 0 Å². The molecule has 26 heavy (non-hydrogen) atoms. The topological polar surface area (TPSA) is 42.0 Å². The van der Waals surface area contributed by atoms with Crippen LogP contribution < -0.4 is 5.32 Å². The number of carbonyl (C=O) groups excluding carboxylic acids is 1. The number of hydrogen-bond donors (Lipinski definition) is 1. The lowest BCUT2D eigenvalue weighted by molar-refractivity contribution is -0.111. The molecule has 0 fully saturated rings. The number of rotatable bonds is 5. The normalized spacial score (nSPS) is 11.0. The molecule has 0 saturated heterocycles. The standard InChI is InChI=1S/C19H13Cl3N2OS/c20-14-4-1-12(2-5-14)9-16-11-23-19(26-16)24-18(25)8-3-13-10-15(21)6-7-17(13)22/h1-8,10-11H,9H2,(H,23,24,25)/b8-3+. The van der Waals surface area contributed by atoms with Crippen molar-refractivity contribution in [3.05, 3.63) is 85.8 Å². The predicted molar refractivity (Wildman–Crippen MR) is 110 cm³/mol. The minimum absolute atomic E-state index is 0.284. The second-order valence-corrected chi connectivity index (χ2v) is 7.82. The SMILES string of the molecule is O=C(/C=C/c1cc(Cl)ccc1Cl)Nc1ncc(Cc2ccc(Cl)cc2)s1. The Hall–Kier alpha value is -1.85. The first-order valence-corrected chi connectivity index (χ1v) is 9.58. The summed E-state index contributed by atoms with van der Waals surface area (Å²) < 4.78 is 0. The second-order valence-electron chi connectivity index (χ2n) is 5.42. The van der Waals surface area contributed by atoms with Crippen LogP contribution in [0.2, 0.25) is 15.1 Å². The Kier molecular flexibility index (Phi) is 6.33. The van der Waals surface area contributed by atoms with Crippen LogP contribution in [0.1, 0.15) is 16.0 Å². The van der Waals surface area contributed by atoms with Gasteiger partial charge in [0.1, 0.15) is 0 Å². The summed E-state index contributed by atoms with van der Waals surface area (Å²) in [5.74, 6) is -0.284. The Morgan fingerprint density at radius 2 is 1.81 bits per heavy atom. The third-order valence-electron chi connectivity index (χ3n) is 3.45. The number of nitrogens with one attached hydrogen (secondary N) is 1. The molecule has 2 aromatic carbocycles. The van der Waals surface area contributed by atoms with E-state index in [4.69, 9.17) is 34.8 Å². The Balaban J connectivity index is 1.61. The largest absolute Gasteiger partial charge is 0.298 e. The number of nitrogens with zero attached hydrogens (tertiary/aromatic N) is 1. The van der Waals surface area contributed by atoms with Crippen LogP contribution in [0.15, 0.2) is 54.7 Å². The third kappa shape index (κ3) is 5.32. The molecular weight excluding hydrogens is 411 g/mol. The van der Waals surface area contributed by atoms with Gasteiger partial charge in [-0.25, -0.2) is 4.98 Å². The maximum Gasteiger partial charge on any atom is 0.250 e. The van der Waals surface area contributed by atoms with Gasteiger partial charge in [0.15, 0.2) is 5.13 Å². The first kappa shape index (κ1) is 18.9. The van der Waals surface area contributed by atoms with Gasteiger partial charge >= 0.3 is 0 Å². The minimum atomic E-state index is -0.284. The van der Waals surface area contributed by atoms with Crippen LogP contribution in [-0.2, 0) is 11.2 Å². The molecule has 3 nitrogen and oxygen atoms in total. The van der Waals surface area contributed by atoms with Crippen LogP contribution in [-0.4, -0.2) is 10.9 Å². The van der Waals surface area contributed by atoms with Crippen molar-refractivity contribution in [2.24, 2.45) is 0 Å². The molecule has 0 aliphatic carbocycles. The fourth-order valence-corrected chi connectivity index (χ4v) is 3.54. The molecule has 3 rings (SSSR count). The van der Waals surface area contributed by atoms with Crippen molar-refractivity contribution in [1.82, 2.24) is 4.98 Å². The van der Waals surface area contributed by atoms with Crippen LogP contribution >= 0.6 is 46.1 Å². The number of aromatic nitrogens is 1. The van der Waals surface area contributed by atoms with E-state index in [9.17, 15) is 4.79 Å². The van der Waals surface area contributed by atoms with Gasteiger partial charge in [0.25, 0.3) is 0 Å². The number of benzene rings is 2. The number of halogens is 3. The lowest BCUT2D eigenvalue weighted by Crippen LogP contribution is -2.07. The second kappa shape index (κ2) is 8.69. The number of carbonyl (C=O) groups is 1. The van der Waals surface area contributed by atoms with Crippen molar-refractivity contribution in [2.75, 3.05) is 5.32 Å². The lowest BCUT2D eigenvalue weighted by Gasteiger charge is -2.00. The molecule has 1 amide bonds. The van der Waals surface area contributed by atoms with Gasteiger partial charge < -0.3 is 0 Å². The number of amides is 1. The predicted octanol–water partition coefficient (Wildman–Crippen LogP) is 6.35. The summed E-state index contributed by atoms with van der Waals surface area (Å²) in [5.41, 5.74) is 1.81. The molecule has 132 valence electrons. The van der Waals surface area contributed by atoms with E-state index in [2.05, 4.69) is 10.3 Å². The van der Waals surface area contributed by atoms with Gasteiger partial charge in [0.05, 0.1) is 0 Å². The quantitative estimate of drug-likeness (QED) is 0.486. The summed E-state index contributed by atoms with van der Waals surface area (Å²) in [7, 11) is 0. The van der Waals surface area contributed by atoms with Gasteiger partial charge in [-0.1, -0.05) is 46.9 Å². The summed E-state index contributed by atoms with van der Waals surface area (Å²) >= 11 is 19.3. The maximum absolute atomic E-state index is 12.1. The molecule has 0 unspecified atom stereocenters. The van der Waals surface area contributed by atoms with Gasteiger partial charge in [-0.05, 0) is 47.5 Å². The summed E-state index contributed by atoms with van der Waals surface area (Å²) in [6.07, 6.45) is 5.51. The fourth-order valence-electron chi connectivity index (χ4n) is 2.21. The maximum atomic E-state index is 12.1. The molecule has 3 aromatic rings. The van der Waals surface area contributed by atoms with Gasteiger partial charge in [-0.15, -0.1) is 11.3 Å². The molecule has 0 saturated carbocycles. The van der Waals surface area contributed by atoms with E-state index in [0.717, 1.165) is 16.9 Å². The zero-order chi connectivity index (χ0) is 18.5. The average molecular weight is 424 g/mol. The zero-order valence-corrected chi connectivity index (χ0v) is 16.5. The van der Waals surface area contributed by atoms with Crippen molar-refractivity contribution < 1.29 is 4.79 Å². The molecule has 0 atom stereocenters. The summed E-state index contributed by atoms with van der Waals surface area (Å²) in [5, 5.41) is 5.08. The van der Waals surface area contributed by atoms with Crippen LogP contribution in [0.25, 0.3) is 6.08 Å². The van der Waals surface area contributed by atoms with Crippen LogP contribution in [0.5, 0.6) is 0 Å². The first-order chi connectivity index (χ1) is 12.5. The number of anilines is 1. The van der Waals surface area contributed by atoms with E-state index in [1.165, 1.54) is 17.4 Å². The van der Waals surface area contributed by atoms with Crippen LogP contribution in [0.4, 0.5) is 5.13 Å². The van der Waals surface area contributed by atoms with Crippen LogP contribution in [0.3, 0.4) is 0 Å². The highest BCUT2D eigenvalue weighted by Gasteiger charge is 2.06. The van der Waals surface area contributed by atoms with E-state index in [-0.39, 0.29) is 5.91 Å². The number of thiazole rings is 1. The van der Waals surface area contributed by atoms with Gasteiger partial charge in [0, 0.05) is 38.6 Å². The van der Waals surface area contributed by atoms with Crippen molar-refractivity contribution in [3.63, 3.8) is 0 Å². The van der Waals surface area contributed by atoms with Gasteiger partial charge in [-0.2, -0.15) is 0 Å². The monoisotopic (exact) mass is 422 g/mol. The lowest BCUT2D eigenvalue weighted by atomic mass is 10.1. The minimum Gasteiger partial charge on any atom is -0.298 e. The highest BCUT2D eigenvalue weighted by atomic mass is 35.5. The highest BCUT2D eigenvalue weighted by molar-refractivity contribution is 7.15. The molecule has 0 spiro atoms. The van der Waals surface area contributed by atoms with Crippen molar-refractivity contribution in [2.45, 2.75) is 6.42 Å². The van der Waals surface area contributed by atoms with Gasteiger partial charge in [0.2, 0.25) is 5.91 Å². The molecule has 0 bridgehead atoms. The fraction of sp³-hybridized carbons (Fsp3) is 0.0526. The van der Waals surface area contributed by atoms with E-state index in [0.29, 0.717) is 25.8 Å². The first-order valence-electron chi connectivity index (χ1n) is 7.63. The number of hydrogen-bond acceptors (Lipinski definition) is 3. The average Bonchev–Trinajstić information content (AvgIpc) is 3.04. The molecule has 1 heterocycles. The molecule has 7 heteroatoms. The van der Waals surface area contributed by atoms with Gasteiger partial charge in [-0.3, -0.25) is 10.1 Å². The summed E-state index contributed by atoms with van der Waals surface area (Å²) in [6.45, 7) is 0. The molecule has 0 radical (unpaired) electrons. The van der Waals surface area contributed by atoms with E-state index >= 15 is 0 Å². The van der Waals surface area contributed by atoms with Crippen molar-refractivity contribution >= 4 is 63.3 Å². The van der Waals surface area contributed by atoms with E-state index in [1.54, 1.807) is 30.5 Å².